The molecule has 6 heteroatoms. The Morgan fingerprint density at radius 3 is 2.86 bits per heavy atom. The first-order chi connectivity index (χ1) is 10.7. The molecular formula is C16H14N4OS. The summed E-state index contributed by atoms with van der Waals surface area (Å²) in [7, 11) is 0. The molecule has 0 amide bonds. The first-order valence-corrected chi connectivity index (χ1v) is 7.91. The van der Waals surface area contributed by atoms with Gasteiger partial charge in [0.1, 0.15) is 0 Å². The number of aromatic nitrogens is 3. The van der Waals surface area contributed by atoms with E-state index in [1.807, 2.05) is 18.2 Å². The molecule has 0 aliphatic heterocycles. The molecule has 2 aromatic carbocycles. The van der Waals surface area contributed by atoms with Crippen LogP contribution in [0.3, 0.4) is 0 Å². The number of para-hydroxylation sites is 1. The zero-order chi connectivity index (χ0) is 15.1. The minimum atomic E-state index is 0.585. The Labute approximate surface area is 130 Å². The van der Waals surface area contributed by atoms with E-state index in [9.17, 15) is 0 Å². The minimum absolute atomic E-state index is 0.585. The highest BCUT2D eigenvalue weighted by Crippen LogP contribution is 2.34. The van der Waals surface area contributed by atoms with Crippen molar-refractivity contribution in [2.45, 2.75) is 17.6 Å². The van der Waals surface area contributed by atoms with Crippen molar-refractivity contribution in [2.24, 2.45) is 0 Å². The van der Waals surface area contributed by atoms with Gasteiger partial charge in [-0.05, 0) is 18.2 Å². The average Bonchev–Trinajstić information content (AvgIpc) is 3.09. The SMILES string of the molecule is Cc1nnc(CSc2cc(N)c3[nH]c4ccccc4c3c2)o1. The van der Waals surface area contributed by atoms with Gasteiger partial charge in [-0.1, -0.05) is 18.2 Å². The molecule has 0 aliphatic rings. The van der Waals surface area contributed by atoms with Crippen molar-refractivity contribution < 1.29 is 4.42 Å². The minimum Gasteiger partial charge on any atom is -0.425 e. The summed E-state index contributed by atoms with van der Waals surface area (Å²) in [5.74, 6) is 1.84. The van der Waals surface area contributed by atoms with E-state index < -0.39 is 0 Å². The monoisotopic (exact) mass is 310 g/mol. The molecule has 4 rings (SSSR count). The van der Waals surface area contributed by atoms with Crippen molar-refractivity contribution in [1.82, 2.24) is 15.2 Å². The molecule has 0 bridgehead atoms. The highest BCUT2D eigenvalue weighted by Gasteiger charge is 2.10. The van der Waals surface area contributed by atoms with Gasteiger partial charge in [0.2, 0.25) is 11.8 Å². The normalized spacial score (nSPS) is 11.5. The van der Waals surface area contributed by atoms with E-state index in [0.29, 0.717) is 17.5 Å². The molecule has 3 N–H and O–H groups in total. The fourth-order valence-corrected chi connectivity index (χ4v) is 3.39. The molecule has 0 atom stereocenters. The maximum Gasteiger partial charge on any atom is 0.226 e. The number of aryl methyl sites for hydroxylation is 1. The van der Waals surface area contributed by atoms with Gasteiger partial charge in [0, 0.05) is 28.1 Å². The summed E-state index contributed by atoms with van der Waals surface area (Å²) in [4.78, 5) is 4.46. The standard InChI is InChI=1S/C16H14N4OS/c1-9-19-20-15(21-9)8-22-10-6-12-11-4-2-3-5-14(11)18-16(12)13(17)7-10/h2-7,18H,8,17H2,1H3. The highest BCUT2D eigenvalue weighted by atomic mass is 32.2. The predicted molar refractivity (Wildman–Crippen MR) is 88.8 cm³/mol. The third-order valence-corrected chi connectivity index (χ3v) is 4.51. The lowest BCUT2D eigenvalue weighted by atomic mass is 10.1. The largest absolute Gasteiger partial charge is 0.425 e. The fourth-order valence-electron chi connectivity index (χ4n) is 2.57. The number of benzene rings is 2. The third kappa shape index (κ3) is 2.21. The molecule has 2 heterocycles. The van der Waals surface area contributed by atoms with E-state index in [0.717, 1.165) is 27.0 Å². The van der Waals surface area contributed by atoms with E-state index in [1.54, 1.807) is 18.7 Å². The van der Waals surface area contributed by atoms with Gasteiger partial charge in [0.05, 0.1) is 17.0 Å². The summed E-state index contributed by atoms with van der Waals surface area (Å²) in [5.41, 5.74) is 9.03. The molecule has 22 heavy (non-hydrogen) atoms. The molecule has 110 valence electrons. The number of nitrogens with zero attached hydrogens (tertiary/aromatic N) is 2. The summed E-state index contributed by atoms with van der Waals surface area (Å²) >= 11 is 1.64. The summed E-state index contributed by atoms with van der Waals surface area (Å²) in [5, 5.41) is 10.2. The second-order valence-electron chi connectivity index (χ2n) is 5.11. The average molecular weight is 310 g/mol. The Morgan fingerprint density at radius 1 is 1.18 bits per heavy atom. The van der Waals surface area contributed by atoms with Gasteiger partial charge in [-0.2, -0.15) is 0 Å². The number of rotatable bonds is 3. The van der Waals surface area contributed by atoms with Crippen molar-refractivity contribution in [2.75, 3.05) is 5.73 Å². The van der Waals surface area contributed by atoms with Gasteiger partial charge in [-0.15, -0.1) is 22.0 Å². The topological polar surface area (TPSA) is 80.7 Å². The van der Waals surface area contributed by atoms with Crippen molar-refractivity contribution in [3.05, 3.63) is 48.2 Å². The van der Waals surface area contributed by atoms with E-state index >= 15 is 0 Å². The van der Waals surface area contributed by atoms with E-state index in [-0.39, 0.29) is 0 Å². The number of nitrogens with two attached hydrogens (primary N) is 1. The smallest absolute Gasteiger partial charge is 0.226 e. The van der Waals surface area contributed by atoms with Crippen LogP contribution in [-0.2, 0) is 5.75 Å². The predicted octanol–water partition coefficient (Wildman–Crippen LogP) is 3.89. The van der Waals surface area contributed by atoms with Crippen LogP contribution in [0.4, 0.5) is 5.69 Å². The number of aromatic amines is 1. The summed E-state index contributed by atoms with van der Waals surface area (Å²) < 4.78 is 5.40. The summed E-state index contributed by atoms with van der Waals surface area (Å²) in [6, 6.07) is 12.3. The molecule has 0 saturated heterocycles. The van der Waals surface area contributed by atoms with Crippen LogP contribution < -0.4 is 5.73 Å². The number of fused-ring (bicyclic) bond motifs is 3. The van der Waals surface area contributed by atoms with Crippen LogP contribution in [0.1, 0.15) is 11.8 Å². The zero-order valence-corrected chi connectivity index (χ0v) is 12.8. The van der Waals surface area contributed by atoms with Crippen LogP contribution in [0.15, 0.2) is 45.7 Å². The van der Waals surface area contributed by atoms with Gasteiger partial charge >= 0.3 is 0 Å². The summed E-state index contributed by atoms with van der Waals surface area (Å²) in [6.45, 7) is 1.79. The molecule has 2 aromatic heterocycles. The Balaban J connectivity index is 1.73. The zero-order valence-electron chi connectivity index (χ0n) is 12.0. The molecule has 0 saturated carbocycles. The number of hydrogen-bond acceptors (Lipinski definition) is 5. The van der Waals surface area contributed by atoms with Crippen LogP contribution in [0.25, 0.3) is 21.8 Å². The maximum absolute atomic E-state index is 6.20. The van der Waals surface area contributed by atoms with Crippen molar-refractivity contribution in [1.29, 1.82) is 0 Å². The van der Waals surface area contributed by atoms with Gasteiger partial charge < -0.3 is 15.1 Å². The Morgan fingerprint density at radius 2 is 2.05 bits per heavy atom. The second-order valence-corrected chi connectivity index (χ2v) is 6.16. The van der Waals surface area contributed by atoms with E-state index in [4.69, 9.17) is 10.2 Å². The number of hydrogen-bond donors (Lipinski definition) is 2. The van der Waals surface area contributed by atoms with Gasteiger partial charge in [0.15, 0.2) is 0 Å². The van der Waals surface area contributed by atoms with Crippen LogP contribution in [0.5, 0.6) is 0 Å². The molecule has 0 unspecified atom stereocenters. The second kappa shape index (κ2) is 5.06. The number of H-pyrrole nitrogens is 1. The number of thioether (sulfide) groups is 1. The van der Waals surface area contributed by atoms with E-state index in [2.05, 4.69) is 33.4 Å². The number of nitrogens with one attached hydrogen (secondary N) is 1. The van der Waals surface area contributed by atoms with Gasteiger partial charge in [-0.3, -0.25) is 0 Å². The quantitative estimate of drug-likeness (QED) is 0.443. The lowest BCUT2D eigenvalue weighted by molar-refractivity contribution is 0.485. The first-order valence-electron chi connectivity index (χ1n) is 6.92. The maximum atomic E-state index is 6.20. The van der Waals surface area contributed by atoms with Crippen molar-refractivity contribution in [3.8, 4) is 0 Å². The Kier molecular flexibility index (Phi) is 3.04. The van der Waals surface area contributed by atoms with Crippen LogP contribution in [-0.4, -0.2) is 15.2 Å². The van der Waals surface area contributed by atoms with Crippen molar-refractivity contribution in [3.63, 3.8) is 0 Å². The molecule has 0 aliphatic carbocycles. The molecule has 0 fully saturated rings. The fraction of sp³-hybridized carbons (Fsp3) is 0.125. The lowest BCUT2D eigenvalue weighted by Gasteiger charge is -2.03. The first kappa shape index (κ1) is 13.2. The van der Waals surface area contributed by atoms with Crippen LogP contribution >= 0.6 is 11.8 Å². The van der Waals surface area contributed by atoms with Crippen LogP contribution in [0, 0.1) is 6.92 Å². The molecule has 0 spiro atoms. The van der Waals surface area contributed by atoms with Crippen molar-refractivity contribution >= 4 is 39.3 Å². The molecule has 0 radical (unpaired) electrons. The molecule has 4 aromatic rings. The van der Waals surface area contributed by atoms with E-state index in [1.165, 1.54) is 5.39 Å². The third-order valence-electron chi connectivity index (χ3n) is 3.55. The number of anilines is 1. The van der Waals surface area contributed by atoms with Gasteiger partial charge in [0.25, 0.3) is 0 Å². The molecule has 5 nitrogen and oxygen atoms in total. The Bertz CT molecular complexity index is 973. The Hall–Kier alpha value is -2.47. The van der Waals surface area contributed by atoms with Gasteiger partial charge in [-0.25, -0.2) is 0 Å². The highest BCUT2D eigenvalue weighted by molar-refractivity contribution is 7.98. The molecular weight excluding hydrogens is 296 g/mol. The lowest BCUT2D eigenvalue weighted by Crippen LogP contribution is -1.88. The summed E-state index contributed by atoms with van der Waals surface area (Å²) in [6.07, 6.45) is 0. The number of nitrogen functional groups attached to an aromatic ring is 1. The van der Waals surface area contributed by atoms with Crippen LogP contribution in [0.2, 0.25) is 0 Å².